The molecule has 28 heavy (non-hydrogen) atoms. The quantitative estimate of drug-likeness (QED) is 0.754. The van der Waals surface area contributed by atoms with Crippen molar-refractivity contribution < 1.29 is 4.79 Å². The number of piperidine rings is 2. The molecule has 0 atom stereocenters. The molecule has 0 aliphatic carbocycles. The van der Waals surface area contributed by atoms with Crippen LogP contribution in [0.25, 0.3) is 0 Å². The number of nitrogens with one attached hydrogen (secondary N) is 1. The largest absolute Gasteiger partial charge is 0.311 e. The Morgan fingerprint density at radius 1 is 0.821 bits per heavy atom. The number of ketones is 1. The van der Waals surface area contributed by atoms with Crippen LogP contribution in [0.15, 0.2) is 0 Å². The Bertz CT molecular complexity index is 536. The standard InChI is InChI=1S/C24H47N3O/c1-11-12-13-23-15-26(21(5,6)7)17-24(19(23)28,14-25-20(2,3)4)18-27(16-23)22(8,9)10/h25H,11-18H2,1-10H3. The van der Waals surface area contributed by atoms with Crippen molar-refractivity contribution in [2.75, 3.05) is 32.7 Å². The first-order valence-electron chi connectivity index (χ1n) is 11.3. The van der Waals surface area contributed by atoms with E-state index in [-0.39, 0.29) is 27.4 Å². The first-order chi connectivity index (χ1) is 12.5. The summed E-state index contributed by atoms with van der Waals surface area (Å²) in [5.41, 5.74) is -0.413. The first kappa shape index (κ1) is 23.8. The van der Waals surface area contributed by atoms with Gasteiger partial charge in [0.05, 0.1) is 10.8 Å². The van der Waals surface area contributed by atoms with Gasteiger partial charge in [-0.1, -0.05) is 19.8 Å². The molecule has 0 unspecified atom stereocenters. The zero-order valence-electron chi connectivity index (χ0n) is 20.5. The summed E-state index contributed by atoms with van der Waals surface area (Å²) < 4.78 is 0. The number of unbranched alkanes of at least 4 members (excludes halogenated alkanes) is 1. The maximum absolute atomic E-state index is 14.1. The molecular weight excluding hydrogens is 346 g/mol. The van der Waals surface area contributed by atoms with Gasteiger partial charge >= 0.3 is 0 Å². The van der Waals surface area contributed by atoms with Gasteiger partial charge in [-0.15, -0.1) is 0 Å². The number of Topliss-reactive ketones (excluding diaryl/α,β-unsaturated/α-hetero) is 1. The van der Waals surface area contributed by atoms with E-state index in [1.807, 2.05) is 0 Å². The van der Waals surface area contributed by atoms with Crippen molar-refractivity contribution in [3.63, 3.8) is 0 Å². The van der Waals surface area contributed by atoms with Gasteiger partial charge in [-0.05, 0) is 68.7 Å². The third kappa shape index (κ3) is 4.99. The van der Waals surface area contributed by atoms with Gasteiger partial charge in [0.15, 0.2) is 5.78 Å². The fourth-order valence-electron chi connectivity index (χ4n) is 4.88. The second-order valence-electron chi connectivity index (χ2n) is 12.7. The molecule has 0 saturated carbocycles. The minimum Gasteiger partial charge on any atom is -0.311 e. The summed E-state index contributed by atoms with van der Waals surface area (Å²) in [6, 6.07) is 0. The maximum Gasteiger partial charge on any atom is 0.151 e. The van der Waals surface area contributed by atoms with Crippen molar-refractivity contribution in [1.82, 2.24) is 15.1 Å². The number of carbonyl (C=O) groups excluding carboxylic acids is 1. The average Bonchev–Trinajstić information content (AvgIpc) is 2.49. The van der Waals surface area contributed by atoms with Gasteiger partial charge in [-0.3, -0.25) is 14.6 Å². The first-order valence-corrected chi connectivity index (χ1v) is 11.3. The molecule has 2 heterocycles. The average molecular weight is 394 g/mol. The summed E-state index contributed by atoms with van der Waals surface area (Å²) in [6.07, 6.45) is 3.29. The molecule has 1 N–H and O–H groups in total. The topological polar surface area (TPSA) is 35.6 Å². The Balaban J connectivity index is 2.52. The van der Waals surface area contributed by atoms with Crippen LogP contribution in [-0.4, -0.2) is 64.9 Å². The number of carbonyl (C=O) groups is 1. The molecule has 4 nitrogen and oxygen atoms in total. The van der Waals surface area contributed by atoms with Crippen LogP contribution in [0.1, 0.15) is 88.5 Å². The van der Waals surface area contributed by atoms with Crippen LogP contribution >= 0.6 is 0 Å². The predicted molar refractivity (Wildman–Crippen MR) is 120 cm³/mol. The van der Waals surface area contributed by atoms with Gasteiger partial charge in [-0.2, -0.15) is 0 Å². The number of hydrogen-bond acceptors (Lipinski definition) is 4. The highest BCUT2D eigenvalue weighted by atomic mass is 16.1. The Hall–Kier alpha value is -0.450. The lowest BCUT2D eigenvalue weighted by atomic mass is 9.59. The van der Waals surface area contributed by atoms with Crippen molar-refractivity contribution in [3.05, 3.63) is 0 Å². The third-order valence-electron chi connectivity index (χ3n) is 6.80. The van der Waals surface area contributed by atoms with Crippen LogP contribution < -0.4 is 5.32 Å². The molecular formula is C24H47N3O. The molecule has 2 aliphatic heterocycles. The van der Waals surface area contributed by atoms with Crippen LogP contribution in [0, 0.1) is 10.8 Å². The number of fused-ring (bicyclic) bond motifs is 2. The van der Waals surface area contributed by atoms with Crippen LogP contribution in [-0.2, 0) is 4.79 Å². The van der Waals surface area contributed by atoms with E-state index in [1.54, 1.807) is 0 Å². The highest BCUT2D eigenvalue weighted by Crippen LogP contribution is 2.48. The van der Waals surface area contributed by atoms with E-state index in [2.05, 4.69) is 84.4 Å². The monoisotopic (exact) mass is 393 g/mol. The zero-order chi connectivity index (χ0) is 21.6. The minimum absolute atomic E-state index is 0.00906. The lowest BCUT2D eigenvalue weighted by Gasteiger charge is -2.62. The summed E-state index contributed by atoms with van der Waals surface area (Å²) in [5.74, 6) is 0.534. The molecule has 2 bridgehead atoms. The van der Waals surface area contributed by atoms with Gasteiger partial charge < -0.3 is 5.32 Å². The van der Waals surface area contributed by atoms with Gasteiger partial charge in [0.1, 0.15) is 0 Å². The van der Waals surface area contributed by atoms with Crippen LogP contribution in [0.3, 0.4) is 0 Å². The highest BCUT2D eigenvalue weighted by Gasteiger charge is 2.61. The molecule has 0 spiro atoms. The Labute approximate surface area is 174 Å². The molecule has 2 rings (SSSR count). The van der Waals surface area contributed by atoms with Crippen molar-refractivity contribution in [1.29, 1.82) is 0 Å². The van der Waals surface area contributed by atoms with Gasteiger partial charge in [0.25, 0.3) is 0 Å². The Kier molecular flexibility index (Phi) is 6.52. The van der Waals surface area contributed by atoms with E-state index in [9.17, 15) is 4.79 Å². The molecule has 164 valence electrons. The van der Waals surface area contributed by atoms with E-state index in [4.69, 9.17) is 0 Å². The van der Waals surface area contributed by atoms with Gasteiger partial charge in [0.2, 0.25) is 0 Å². The van der Waals surface area contributed by atoms with E-state index < -0.39 is 0 Å². The predicted octanol–water partition coefficient (Wildman–Crippen LogP) is 4.33. The summed E-state index contributed by atoms with van der Waals surface area (Å²) >= 11 is 0. The van der Waals surface area contributed by atoms with Crippen LogP contribution in [0.2, 0.25) is 0 Å². The number of hydrogen-bond donors (Lipinski definition) is 1. The minimum atomic E-state index is -0.335. The zero-order valence-corrected chi connectivity index (χ0v) is 20.5. The second-order valence-corrected chi connectivity index (χ2v) is 12.7. The lowest BCUT2D eigenvalue weighted by molar-refractivity contribution is -0.172. The van der Waals surface area contributed by atoms with Gasteiger partial charge in [-0.25, -0.2) is 0 Å². The van der Waals surface area contributed by atoms with Crippen molar-refractivity contribution in [2.24, 2.45) is 10.8 Å². The SMILES string of the molecule is CCCCC12CN(C(C)(C)C)CC(CNC(C)(C)C)(CN(C(C)(C)C)C1)C2=O. The molecule has 0 aromatic rings. The van der Waals surface area contributed by atoms with E-state index in [1.165, 1.54) is 0 Å². The van der Waals surface area contributed by atoms with Crippen molar-refractivity contribution in [2.45, 2.75) is 105 Å². The fourth-order valence-corrected chi connectivity index (χ4v) is 4.88. The maximum atomic E-state index is 14.1. The summed E-state index contributed by atoms with van der Waals surface area (Å²) in [5, 5.41) is 3.71. The molecule has 2 aliphatic rings. The Morgan fingerprint density at radius 3 is 1.61 bits per heavy atom. The molecule has 0 aromatic heterocycles. The van der Waals surface area contributed by atoms with Gasteiger partial charge in [0, 0.05) is 49.3 Å². The summed E-state index contributed by atoms with van der Waals surface area (Å²) in [4.78, 5) is 19.3. The lowest BCUT2D eigenvalue weighted by Crippen LogP contribution is -2.75. The molecule has 2 saturated heterocycles. The summed E-state index contributed by atoms with van der Waals surface area (Å²) in [7, 11) is 0. The number of nitrogens with zero attached hydrogens (tertiary/aromatic N) is 2. The van der Waals surface area contributed by atoms with E-state index in [0.717, 1.165) is 52.0 Å². The van der Waals surface area contributed by atoms with E-state index in [0.29, 0.717) is 5.78 Å². The summed E-state index contributed by atoms with van der Waals surface area (Å²) in [6.45, 7) is 27.0. The van der Waals surface area contributed by atoms with Crippen LogP contribution in [0.5, 0.6) is 0 Å². The third-order valence-corrected chi connectivity index (χ3v) is 6.80. The van der Waals surface area contributed by atoms with Crippen LogP contribution in [0.4, 0.5) is 0 Å². The van der Waals surface area contributed by atoms with Crippen molar-refractivity contribution >= 4 is 5.78 Å². The molecule has 4 heteroatoms. The van der Waals surface area contributed by atoms with E-state index >= 15 is 0 Å². The van der Waals surface area contributed by atoms with Crippen molar-refractivity contribution in [3.8, 4) is 0 Å². The molecule has 0 amide bonds. The smallest absolute Gasteiger partial charge is 0.151 e. The normalized spacial score (nSPS) is 30.7. The molecule has 0 radical (unpaired) electrons. The highest BCUT2D eigenvalue weighted by molar-refractivity contribution is 5.93. The number of rotatable bonds is 5. The molecule has 2 fully saturated rings. The number of likely N-dealkylation sites (tertiary alicyclic amines) is 2. The Morgan fingerprint density at radius 2 is 1.25 bits per heavy atom. The fraction of sp³-hybridized carbons (Fsp3) is 0.958. The second kappa shape index (κ2) is 7.67. The molecule has 0 aromatic carbocycles.